The first kappa shape index (κ1) is 31.5. The Labute approximate surface area is 243 Å². The number of amides is 1. The topological polar surface area (TPSA) is 60.3 Å². The molecule has 1 atom stereocenters. The highest BCUT2D eigenvalue weighted by Crippen LogP contribution is 2.38. The number of carbonyl (C=O) groups excluding carboxylic acids is 2. The Hall–Kier alpha value is -4.03. The summed E-state index contributed by atoms with van der Waals surface area (Å²) < 4.78 is 21.7. The van der Waals surface area contributed by atoms with Crippen LogP contribution in [-0.4, -0.2) is 30.0 Å². The van der Waals surface area contributed by atoms with Gasteiger partial charge in [0.1, 0.15) is 12.1 Å². The number of nitrogens with zero attached hydrogens (tertiary/aromatic N) is 1. The maximum atomic E-state index is 13.7. The number of benzene rings is 3. The molecule has 1 aromatic heterocycles. The van der Waals surface area contributed by atoms with Gasteiger partial charge in [0.25, 0.3) is 0 Å². The van der Waals surface area contributed by atoms with Crippen LogP contribution in [0.25, 0.3) is 22.4 Å². The third kappa shape index (κ3) is 9.54. The fourth-order valence-corrected chi connectivity index (χ4v) is 4.85. The number of halogens is 1. The van der Waals surface area contributed by atoms with E-state index in [1.165, 1.54) is 24.8 Å². The highest BCUT2D eigenvalue weighted by atomic mass is 19.1. The second-order valence-electron chi connectivity index (χ2n) is 10.3. The Balaban J connectivity index is 0.000000389. The molecule has 0 unspecified atom stereocenters. The molecule has 0 saturated carbocycles. The van der Waals surface area contributed by atoms with Crippen LogP contribution in [-0.2, 0) is 20.9 Å². The van der Waals surface area contributed by atoms with Crippen LogP contribution < -0.4 is 5.32 Å². The number of hydrogen-bond acceptors (Lipinski definition) is 3. The monoisotopic (exact) mass is 556 g/mol. The first-order valence-electron chi connectivity index (χ1n) is 14.2. The number of rotatable bonds is 12. The number of unbranched alkanes of at least 4 members (excludes halogenated alkanes) is 1. The minimum Gasteiger partial charge on any atom is -0.381 e. The highest BCUT2D eigenvalue weighted by molar-refractivity contribution is 5.88. The number of ether oxygens (including phenoxy) is 1. The SMILES string of the molecule is CC(=O)Nc1ccccc1.CO[C@@H](CCCC=O)CCn1c(C(C)C)cc(-c2ccccc2)c1-c1ccc(F)cc1. The molecule has 3 aromatic carbocycles. The molecule has 216 valence electrons. The first-order chi connectivity index (χ1) is 19.8. The molecule has 1 amide bonds. The van der Waals surface area contributed by atoms with Crippen LogP contribution >= 0.6 is 0 Å². The van der Waals surface area contributed by atoms with E-state index in [-0.39, 0.29) is 17.8 Å². The third-order valence-electron chi connectivity index (χ3n) is 6.87. The molecule has 6 heteroatoms. The molecule has 0 aliphatic carbocycles. The average Bonchev–Trinajstić information content (AvgIpc) is 3.36. The van der Waals surface area contributed by atoms with Gasteiger partial charge >= 0.3 is 0 Å². The molecule has 4 aromatic rings. The summed E-state index contributed by atoms with van der Waals surface area (Å²) in [6.45, 7) is 6.69. The van der Waals surface area contributed by atoms with Gasteiger partial charge in [0.15, 0.2) is 0 Å². The van der Waals surface area contributed by atoms with Crippen LogP contribution in [0.1, 0.15) is 58.1 Å². The fourth-order valence-electron chi connectivity index (χ4n) is 4.85. The van der Waals surface area contributed by atoms with E-state index in [2.05, 4.69) is 41.9 Å². The molecular formula is C35H41FN2O3. The molecule has 1 N–H and O–H groups in total. The van der Waals surface area contributed by atoms with E-state index in [9.17, 15) is 14.0 Å². The van der Waals surface area contributed by atoms with Crippen molar-refractivity contribution in [3.05, 3.63) is 103 Å². The number of carbonyl (C=O) groups is 2. The summed E-state index contributed by atoms with van der Waals surface area (Å²) >= 11 is 0. The summed E-state index contributed by atoms with van der Waals surface area (Å²) in [7, 11) is 1.74. The Morgan fingerprint density at radius 2 is 1.56 bits per heavy atom. The number of nitrogens with one attached hydrogen (secondary N) is 1. The van der Waals surface area contributed by atoms with Crippen molar-refractivity contribution in [2.75, 3.05) is 12.4 Å². The summed E-state index contributed by atoms with van der Waals surface area (Å²) in [6, 6.07) is 28.7. The normalized spacial score (nSPS) is 11.5. The van der Waals surface area contributed by atoms with Crippen LogP contribution in [0.5, 0.6) is 0 Å². The van der Waals surface area contributed by atoms with E-state index >= 15 is 0 Å². The van der Waals surface area contributed by atoms with E-state index in [1.54, 1.807) is 7.11 Å². The molecule has 4 rings (SSSR count). The van der Waals surface area contributed by atoms with Crippen LogP contribution in [0.15, 0.2) is 91.0 Å². The predicted octanol–water partition coefficient (Wildman–Crippen LogP) is 8.50. The van der Waals surface area contributed by atoms with Gasteiger partial charge in [-0.15, -0.1) is 0 Å². The van der Waals surface area contributed by atoms with Crippen molar-refractivity contribution < 1.29 is 18.7 Å². The van der Waals surface area contributed by atoms with Gasteiger partial charge in [-0.25, -0.2) is 4.39 Å². The summed E-state index contributed by atoms with van der Waals surface area (Å²) in [5.74, 6) is 0.0701. The average molecular weight is 557 g/mol. The summed E-state index contributed by atoms with van der Waals surface area (Å²) in [5, 5.41) is 2.67. The maximum Gasteiger partial charge on any atom is 0.221 e. The number of aromatic nitrogens is 1. The Bertz CT molecular complexity index is 1350. The number of hydrogen-bond donors (Lipinski definition) is 1. The summed E-state index contributed by atoms with van der Waals surface area (Å²) in [6.07, 6.45) is 4.19. The molecule has 0 fully saturated rings. The van der Waals surface area contributed by atoms with E-state index in [4.69, 9.17) is 4.74 Å². The molecule has 0 aliphatic heterocycles. The zero-order valence-electron chi connectivity index (χ0n) is 24.5. The van der Waals surface area contributed by atoms with Crippen molar-refractivity contribution in [3.8, 4) is 22.4 Å². The molecular weight excluding hydrogens is 515 g/mol. The van der Waals surface area contributed by atoms with Crippen LogP contribution in [0.4, 0.5) is 10.1 Å². The van der Waals surface area contributed by atoms with Crippen molar-refractivity contribution >= 4 is 17.9 Å². The second kappa shape index (κ2) is 16.3. The lowest BCUT2D eigenvalue weighted by Gasteiger charge is -2.20. The lowest BCUT2D eigenvalue weighted by atomic mass is 10.0. The number of anilines is 1. The van der Waals surface area contributed by atoms with Crippen molar-refractivity contribution in [1.82, 2.24) is 4.57 Å². The van der Waals surface area contributed by atoms with E-state index in [0.717, 1.165) is 60.2 Å². The quantitative estimate of drug-likeness (QED) is 0.141. The molecule has 0 saturated heterocycles. The number of aldehydes is 1. The van der Waals surface area contributed by atoms with Gasteiger partial charge in [-0.2, -0.15) is 0 Å². The van der Waals surface area contributed by atoms with Crippen LogP contribution in [0, 0.1) is 5.82 Å². The van der Waals surface area contributed by atoms with Crippen molar-refractivity contribution in [2.45, 2.75) is 65.0 Å². The molecule has 41 heavy (non-hydrogen) atoms. The molecule has 5 nitrogen and oxygen atoms in total. The van der Waals surface area contributed by atoms with Crippen molar-refractivity contribution in [1.29, 1.82) is 0 Å². The van der Waals surface area contributed by atoms with Crippen molar-refractivity contribution in [3.63, 3.8) is 0 Å². The highest BCUT2D eigenvalue weighted by Gasteiger charge is 2.21. The molecule has 0 aliphatic rings. The van der Waals surface area contributed by atoms with Gasteiger partial charge in [0.05, 0.1) is 11.8 Å². The summed E-state index contributed by atoms with van der Waals surface area (Å²) in [4.78, 5) is 21.2. The van der Waals surface area contributed by atoms with E-state index < -0.39 is 0 Å². The van der Waals surface area contributed by atoms with Gasteiger partial charge in [-0.1, -0.05) is 62.4 Å². The van der Waals surface area contributed by atoms with Gasteiger partial charge in [0, 0.05) is 43.9 Å². The van der Waals surface area contributed by atoms with Gasteiger partial charge in [0.2, 0.25) is 5.91 Å². The lowest BCUT2D eigenvalue weighted by Crippen LogP contribution is -2.16. The Morgan fingerprint density at radius 1 is 0.927 bits per heavy atom. The van der Waals surface area contributed by atoms with E-state index in [0.29, 0.717) is 12.3 Å². The second-order valence-corrected chi connectivity index (χ2v) is 10.3. The summed E-state index contributed by atoms with van der Waals surface area (Å²) in [5.41, 5.74) is 6.51. The van der Waals surface area contributed by atoms with Crippen molar-refractivity contribution in [2.24, 2.45) is 0 Å². The van der Waals surface area contributed by atoms with Crippen LogP contribution in [0.2, 0.25) is 0 Å². The maximum absolute atomic E-state index is 13.7. The zero-order valence-corrected chi connectivity index (χ0v) is 24.5. The predicted molar refractivity (Wildman–Crippen MR) is 165 cm³/mol. The first-order valence-corrected chi connectivity index (χ1v) is 14.2. The Kier molecular flexibility index (Phi) is 12.5. The van der Waals surface area contributed by atoms with E-state index in [1.807, 2.05) is 60.7 Å². The smallest absolute Gasteiger partial charge is 0.221 e. The van der Waals surface area contributed by atoms with Gasteiger partial charge in [-0.05, 0) is 78.8 Å². The zero-order chi connectivity index (χ0) is 29.6. The molecule has 0 bridgehead atoms. The third-order valence-corrected chi connectivity index (χ3v) is 6.87. The minimum absolute atomic E-state index is 0.0359. The Morgan fingerprint density at radius 3 is 2.12 bits per heavy atom. The standard InChI is InChI=1S/C27H32FNO2.C8H9NO/c1-20(2)26-19-25(21-9-5-4-6-10-21)27(22-12-14-23(28)15-13-22)29(26)17-16-24(31-3)11-7-8-18-30;1-7(10)9-8-5-3-2-4-6-8/h4-6,9-10,12-15,18-20,24H,7-8,11,16-17H2,1-3H3;2-6H,1H3,(H,9,10)/t24-;/m0./s1. The minimum atomic E-state index is -0.234. The molecule has 0 radical (unpaired) electrons. The van der Waals surface area contributed by atoms with Crippen LogP contribution in [0.3, 0.4) is 0 Å². The number of para-hydroxylation sites is 1. The largest absolute Gasteiger partial charge is 0.381 e. The number of methoxy groups -OCH3 is 1. The lowest BCUT2D eigenvalue weighted by molar-refractivity contribution is -0.114. The van der Waals surface area contributed by atoms with Gasteiger partial charge in [-0.3, -0.25) is 4.79 Å². The van der Waals surface area contributed by atoms with Gasteiger partial charge < -0.3 is 19.4 Å². The fraction of sp³-hybridized carbons (Fsp3) is 0.314. The molecule has 0 spiro atoms. The molecule has 1 heterocycles.